The number of nitrogens with one attached hydrogen (secondary N) is 1. The second-order valence-electron chi connectivity index (χ2n) is 12.7. The van der Waals surface area contributed by atoms with Gasteiger partial charge in [0.1, 0.15) is 11.5 Å². The molecule has 2 aromatic carbocycles. The van der Waals surface area contributed by atoms with E-state index in [-0.39, 0.29) is 5.91 Å². The number of hydrogen-bond donors (Lipinski definition) is 1. The van der Waals surface area contributed by atoms with E-state index in [2.05, 4.69) is 71.9 Å². The third kappa shape index (κ3) is 6.15. The molecule has 1 amide bonds. The van der Waals surface area contributed by atoms with Gasteiger partial charge < -0.3 is 14.8 Å². The summed E-state index contributed by atoms with van der Waals surface area (Å²) in [5.74, 6) is 1.000. The van der Waals surface area contributed by atoms with Gasteiger partial charge in [0, 0.05) is 66.7 Å². The molecule has 6 rings (SSSR count). The molecule has 0 bridgehead atoms. The van der Waals surface area contributed by atoms with E-state index in [9.17, 15) is 4.79 Å². The highest BCUT2D eigenvalue weighted by Crippen LogP contribution is 2.40. The summed E-state index contributed by atoms with van der Waals surface area (Å²) in [5.41, 5.74) is 11.2. The number of halogens is 2. The van der Waals surface area contributed by atoms with Gasteiger partial charge in [-0.3, -0.25) is 9.48 Å². The molecule has 1 fully saturated rings. The molecule has 1 N–H and O–H groups in total. The molecule has 0 spiro atoms. The van der Waals surface area contributed by atoms with E-state index in [1.165, 1.54) is 11.1 Å². The van der Waals surface area contributed by atoms with Crippen LogP contribution in [0.2, 0.25) is 10.0 Å². The molecule has 1 aliphatic rings. The Balaban J connectivity index is 1.31. The van der Waals surface area contributed by atoms with E-state index in [1.807, 2.05) is 41.9 Å². The lowest BCUT2D eigenvalue weighted by molar-refractivity contribution is 0.0740. The number of fused-ring (bicyclic) bond motifs is 1. The van der Waals surface area contributed by atoms with Gasteiger partial charge in [-0.25, -0.2) is 4.98 Å². The van der Waals surface area contributed by atoms with Gasteiger partial charge >= 0.3 is 0 Å². The highest BCUT2D eigenvalue weighted by Gasteiger charge is 2.29. The number of aryl methyl sites for hydroxylation is 7. The monoisotopic (exact) mass is 656 g/mol. The smallest absolute Gasteiger partial charge is 0.270 e. The van der Waals surface area contributed by atoms with Crippen LogP contribution in [0.25, 0.3) is 22.0 Å². The number of unbranched alkanes of at least 4 members (excludes halogenated alkanes) is 1. The number of piperazine rings is 1. The number of aromatic amines is 1. The van der Waals surface area contributed by atoms with Crippen LogP contribution in [-0.4, -0.2) is 56.7 Å². The second-order valence-corrected chi connectivity index (χ2v) is 13.5. The van der Waals surface area contributed by atoms with Crippen LogP contribution < -0.4 is 4.90 Å². The third-order valence-corrected chi connectivity index (χ3v) is 10.3. The normalized spacial score (nSPS) is 13.7. The van der Waals surface area contributed by atoms with Crippen LogP contribution in [0.5, 0.6) is 0 Å². The van der Waals surface area contributed by atoms with E-state index in [0.717, 1.165) is 99.7 Å². The van der Waals surface area contributed by atoms with Crippen molar-refractivity contribution < 1.29 is 4.79 Å². The topological polar surface area (TPSA) is 70.1 Å². The predicted molar refractivity (Wildman–Crippen MR) is 190 cm³/mol. The van der Waals surface area contributed by atoms with Crippen LogP contribution in [-0.2, 0) is 19.9 Å². The summed E-state index contributed by atoms with van der Waals surface area (Å²) in [6, 6.07) is 12.5. The lowest BCUT2D eigenvalue weighted by Crippen LogP contribution is -2.49. The first kappa shape index (κ1) is 32.1. The number of carbonyl (C=O) groups is 1. The van der Waals surface area contributed by atoms with E-state index in [0.29, 0.717) is 23.8 Å². The Hall–Kier alpha value is -3.81. The Morgan fingerprint density at radius 3 is 2.24 bits per heavy atom. The molecule has 5 aromatic rings. The molecule has 0 atom stereocenters. The van der Waals surface area contributed by atoms with E-state index in [4.69, 9.17) is 23.2 Å². The zero-order valence-electron chi connectivity index (χ0n) is 27.6. The summed E-state index contributed by atoms with van der Waals surface area (Å²) in [4.78, 5) is 26.7. The highest BCUT2D eigenvalue weighted by atomic mass is 35.5. The van der Waals surface area contributed by atoms with E-state index >= 15 is 0 Å². The van der Waals surface area contributed by atoms with Crippen molar-refractivity contribution in [3.05, 3.63) is 97.5 Å². The van der Waals surface area contributed by atoms with Gasteiger partial charge in [-0.1, -0.05) is 41.4 Å². The molecule has 240 valence electrons. The zero-order valence-corrected chi connectivity index (χ0v) is 29.1. The van der Waals surface area contributed by atoms with Crippen LogP contribution in [0.4, 0.5) is 5.82 Å². The number of carbonyl (C=O) groups excluding carboxylic acids is 1. The summed E-state index contributed by atoms with van der Waals surface area (Å²) < 4.78 is 1.89. The van der Waals surface area contributed by atoms with Crippen LogP contribution in [0.15, 0.2) is 42.6 Å². The molecule has 9 heteroatoms. The summed E-state index contributed by atoms with van der Waals surface area (Å²) in [6.45, 7) is 13.0. The van der Waals surface area contributed by atoms with Gasteiger partial charge in [0.2, 0.25) is 0 Å². The number of nitrogens with zero attached hydrogens (tertiary/aromatic N) is 5. The molecule has 1 aliphatic heterocycles. The Morgan fingerprint density at radius 1 is 0.891 bits per heavy atom. The van der Waals surface area contributed by atoms with Crippen molar-refractivity contribution >= 4 is 45.8 Å². The fraction of sp³-hybridized carbons (Fsp3) is 0.378. The molecular weight excluding hydrogens is 615 g/mol. The first-order valence-electron chi connectivity index (χ1n) is 16.1. The predicted octanol–water partition coefficient (Wildman–Crippen LogP) is 8.34. The van der Waals surface area contributed by atoms with Crippen molar-refractivity contribution in [3.8, 4) is 11.1 Å². The Bertz CT molecular complexity index is 1910. The molecule has 46 heavy (non-hydrogen) atoms. The molecule has 3 aromatic heterocycles. The van der Waals surface area contributed by atoms with Crippen molar-refractivity contribution in [2.24, 2.45) is 7.05 Å². The minimum absolute atomic E-state index is 0.0358. The lowest BCUT2D eigenvalue weighted by Gasteiger charge is -2.35. The molecule has 0 aliphatic carbocycles. The van der Waals surface area contributed by atoms with Gasteiger partial charge in [0.05, 0.1) is 16.2 Å². The van der Waals surface area contributed by atoms with Crippen molar-refractivity contribution in [1.82, 2.24) is 24.6 Å². The third-order valence-electron chi connectivity index (χ3n) is 9.43. The highest BCUT2D eigenvalue weighted by molar-refractivity contribution is 6.35. The Morgan fingerprint density at radius 2 is 1.59 bits per heavy atom. The number of aromatic nitrogens is 4. The molecular formula is C37H42Cl2N6O. The minimum atomic E-state index is 0.0358. The number of hydrogen-bond acceptors (Lipinski definition) is 4. The fourth-order valence-electron chi connectivity index (χ4n) is 6.92. The van der Waals surface area contributed by atoms with Crippen molar-refractivity contribution in [2.75, 3.05) is 31.1 Å². The molecule has 7 nitrogen and oxygen atoms in total. The Labute approximate surface area is 281 Å². The zero-order chi connectivity index (χ0) is 32.7. The first-order valence-corrected chi connectivity index (χ1v) is 16.8. The standard InChI is InChI=1S/C37H42Cl2N6O/c1-22-13-14-40-31(19-22)44-15-17-45(18-16-44)37(46)36-28(10-8-7-9-27-20-23(2)34(39)24(3)21-27)29-11-12-30(38)33(35(29)41-36)32-25(4)42-43(6)26(32)5/h11-14,19-21,41H,7-10,15-18H2,1-6H3. The van der Waals surface area contributed by atoms with Crippen molar-refractivity contribution in [2.45, 2.75) is 60.3 Å². The quantitative estimate of drug-likeness (QED) is 0.170. The van der Waals surface area contributed by atoms with Crippen LogP contribution in [0.3, 0.4) is 0 Å². The average molecular weight is 658 g/mol. The van der Waals surface area contributed by atoms with E-state index in [1.54, 1.807) is 0 Å². The van der Waals surface area contributed by atoms with Crippen LogP contribution >= 0.6 is 23.2 Å². The molecule has 0 saturated carbocycles. The fourth-order valence-corrected chi connectivity index (χ4v) is 7.28. The van der Waals surface area contributed by atoms with Gasteiger partial charge in [-0.2, -0.15) is 5.10 Å². The van der Waals surface area contributed by atoms with Gasteiger partial charge in [-0.15, -0.1) is 0 Å². The number of benzene rings is 2. The summed E-state index contributed by atoms with van der Waals surface area (Å²) in [5, 5.41) is 7.20. The SMILES string of the molecule is Cc1ccnc(N2CCN(C(=O)c3[nH]c4c(-c5c(C)nn(C)c5C)c(Cl)ccc4c3CCCCc3cc(C)c(Cl)c(C)c3)CC2)c1. The molecule has 4 heterocycles. The number of anilines is 1. The number of rotatable bonds is 8. The van der Waals surface area contributed by atoms with Crippen molar-refractivity contribution in [1.29, 1.82) is 0 Å². The first-order chi connectivity index (χ1) is 22.0. The number of H-pyrrole nitrogens is 1. The molecule has 0 radical (unpaired) electrons. The molecule has 1 saturated heterocycles. The van der Waals surface area contributed by atoms with Gasteiger partial charge in [0.25, 0.3) is 5.91 Å². The summed E-state index contributed by atoms with van der Waals surface area (Å²) in [7, 11) is 1.95. The number of amides is 1. The minimum Gasteiger partial charge on any atom is -0.353 e. The van der Waals surface area contributed by atoms with E-state index < -0.39 is 0 Å². The maximum atomic E-state index is 14.3. The average Bonchev–Trinajstić information content (AvgIpc) is 3.52. The van der Waals surface area contributed by atoms with Gasteiger partial charge in [0.15, 0.2) is 0 Å². The summed E-state index contributed by atoms with van der Waals surface area (Å²) in [6.07, 6.45) is 5.55. The molecule has 0 unspecified atom stereocenters. The summed E-state index contributed by atoms with van der Waals surface area (Å²) >= 11 is 13.3. The maximum absolute atomic E-state index is 14.3. The van der Waals surface area contributed by atoms with Crippen molar-refractivity contribution in [3.63, 3.8) is 0 Å². The Kier molecular flexibility index (Phi) is 9.17. The largest absolute Gasteiger partial charge is 0.353 e. The van der Waals surface area contributed by atoms with Crippen LogP contribution in [0, 0.1) is 34.6 Å². The maximum Gasteiger partial charge on any atom is 0.270 e. The van der Waals surface area contributed by atoms with Gasteiger partial charge in [-0.05, 0) is 106 Å². The lowest BCUT2D eigenvalue weighted by atomic mass is 9.96. The second kappa shape index (κ2) is 13.1. The van der Waals surface area contributed by atoms with Crippen LogP contribution in [0.1, 0.15) is 62.5 Å². The number of pyridine rings is 1.